The summed E-state index contributed by atoms with van der Waals surface area (Å²) in [5.74, 6) is 13.3. The van der Waals surface area contributed by atoms with Gasteiger partial charge in [0.25, 0.3) is 0 Å². The zero-order valence-corrected chi connectivity index (χ0v) is 17.4. The first-order valence-electron chi connectivity index (χ1n) is 11.2. The van der Waals surface area contributed by atoms with Crippen LogP contribution in [0.15, 0.2) is 60.7 Å². The summed E-state index contributed by atoms with van der Waals surface area (Å²) in [6.07, 6.45) is 10.1. The van der Waals surface area contributed by atoms with E-state index in [1.807, 2.05) is 0 Å². The van der Waals surface area contributed by atoms with E-state index in [4.69, 9.17) is 0 Å². The monoisotopic (exact) mass is 386 g/mol. The van der Waals surface area contributed by atoms with E-state index in [1.165, 1.54) is 73.6 Å². The molecule has 0 atom stereocenters. The summed E-state index contributed by atoms with van der Waals surface area (Å²) >= 11 is 0. The van der Waals surface area contributed by atoms with Crippen LogP contribution in [-0.4, -0.2) is 0 Å². The van der Waals surface area contributed by atoms with Crippen LogP contribution in [0.25, 0.3) is 0 Å². The maximum atomic E-state index is 3.33. The Kier molecular flexibility index (Phi) is 5.42. The molecule has 0 radical (unpaired) electrons. The topological polar surface area (TPSA) is 0 Å². The Morgan fingerprint density at radius 2 is 0.700 bits per heavy atom. The van der Waals surface area contributed by atoms with E-state index in [-0.39, 0.29) is 0 Å². The van der Waals surface area contributed by atoms with Crippen LogP contribution in [-0.2, 0) is 25.7 Å². The van der Waals surface area contributed by atoms with Crippen LogP contribution in [0.1, 0.15) is 70.2 Å². The predicted octanol–water partition coefficient (Wildman–Crippen LogP) is 6.24. The van der Waals surface area contributed by atoms with Gasteiger partial charge in [0.05, 0.1) is 0 Å². The molecule has 146 valence electrons. The van der Waals surface area contributed by atoms with E-state index in [1.54, 1.807) is 0 Å². The molecule has 0 amide bonds. The maximum absolute atomic E-state index is 3.33. The molecule has 0 N–H and O–H groups in total. The second-order valence-corrected chi connectivity index (χ2v) is 8.46. The first kappa shape index (κ1) is 18.8. The molecule has 0 bridgehead atoms. The van der Waals surface area contributed by atoms with Gasteiger partial charge in [0.1, 0.15) is 0 Å². The van der Waals surface area contributed by atoms with E-state index >= 15 is 0 Å². The third-order valence-corrected chi connectivity index (χ3v) is 6.28. The van der Waals surface area contributed by atoms with Gasteiger partial charge in [-0.2, -0.15) is 0 Å². The highest BCUT2D eigenvalue weighted by Gasteiger charge is 2.09. The minimum atomic E-state index is 1.03. The smallest absolute Gasteiger partial charge is 0.0251 e. The SMILES string of the molecule is C(#Cc1ccc2c(c1)CCCC2)c1ccc(C#Cc2ccc3c(c2)CCCC3)cc1. The number of rotatable bonds is 0. The van der Waals surface area contributed by atoms with Crippen molar-refractivity contribution in [3.8, 4) is 23.7 Å². The van der Waals surface area contributed by atoms with Crippen molar-refractivity contribution in [2.75, 3.05) is 0 Å². The van der Waals surface area contributed by atoms with Gasteiger partial charge in [-0.25, -0.2) is 0 Å². The molecule has 5 rings (SSSR count). The Labute approximate surface area is 180 Å². The molecular formula is C30H26. The first-order chi connectivity index (χ1) is 14.8. The normalized spacial score (nSPS) is 14.4. The van der Waals surface area contributed by atoms with Crippen LogP contribution in [0.3, 0.4) is 0 Å². The van der Waals surface area contributed by atoms with Crippen molar-refractivity contribution < 1.29 is 0 Å². The molecule has 30 heavy (non-hydrogen) atoms. The molecule has 2 aliphatic carbocycles. The summed E-state index contributed by atoms with van der Waals surface area (Å²) in [5, 5.41) is 0. The quantitative estimate of drug-likeness (QED) is 0.401. The fourth-order valence-electron chi connectivity index (χ4n) is 4.55. The average molecular weight is 387 g/mol. The predicted molar refractivity (Wildman–Crippen MR) is 125 cm³/mol. The van der Waals surface area contributed by atoms with E-state index in [9.17, 15) is 0 Å². The van der Waals surface area contributed by atoms with Gasteiger partial charge in [0.2, 0.25) is 0 Å². The van der Waals surface area contributed by atoms with Crippen molar-refractivity contribution in [1.82, 2.24) is 0 Å². The van der Waals surface area contributed by atoms with Crippen molar-refractivity contribution in [1.29, 1.82) is 0 Å². The van der Waals surface area contributed by atoms with E-state index in [0.29, 0.717) is 0 Å². The van der Waals surface area contributed by atoms with Crippen molar-refractivity contribution in [2.24, 2.45) is 0 Å². The third-order valence-electron chi connectivity index (χ3n) is 6.28. The molecule has 0 unspecified atom stereocenters. The molecule has 0 heterocycles. The van der Waals surface area contributed by atoms with Gasteiger partial charge in [0.15, 0.2) is 0 Å². The van der Waals surface area contributed by atoms with Gasteiger partial charge < -0.3 is 0 Å². The summed E-state index contributed by atoms with van der Waals surface area (Å²) in [7, 11) is 0. The summed E-state index contributed by atoms with van der Waals surface area (Å²) in [4.78, 5) is 0. The molecule has 0 fully saturated rings. The van der Waals surface area contributed by atoms with Gasteiger partial charge in [-0.3, -0.25) is 0 Å². The Hall–Kier alpha value is -3.22. The summed E-state index contributed by atoms with van der Waals surface area (Å²) in [5.41, 5.74) is 10.3. The fourth-order valence-corrected chi connectivity index (χ4v) is 4.55. The molecule has 3 aromatic carbocycles. The first-order valence-corrected chi connectivity index (χ1v) is 11.2. The highest BCUT2D eigenvalue weighted by molar-refractivity contribution is 5.50. The maximum Gasteiger partial charge on any atom is 0.0251 e. The van der Waals surface area contributed by atoms with E-state index in [0.717, 1.165) is 22.3 Å². The van der Waals surface area contributed by atoms with Crippen molar-refractivity contribution >= 4 is 0 Å². The number of hydrogen-bond donors (Lipinski definition) is 0. The molecule has 2 aliphatic rings. The lowest BCUT2D eigenvalue weighted by atomic mass is 9.90. The lowest BCUT2D eigenvalue weighted by molar-refractivity contribution is 0.685. The third kappa shape index (κ3) is 4.35. The molecule has 0 aromatic heterocycles. The number of benzene rings is 3. The van der Waals surface area contributed by atoms with Crippen LogP contribution in [0.5, 0.6) is 0 Å². The Bertz CT molecular complexity index is 1090. The van der Waals surface area contributed by atoms with Gasteiger partial charge in [0, 0.05) is 22.3 Å². The van der Waals surface area contributed by atoms with Gasteiger partial charge in [-0.05, 0) is 122 Å². The van der Waals surface area contributed by atoms with Crippen LogP contribution in [0, 0.1) is 23.7 Å². The van der Waals surface area contributed by atoms with Gasteiger partial charge in [-0.15, -0.1) is 0 Å². The minimum Gasteiger partial charge on any atom is -0.0617 e. The standard InChI is InChI=1S/C30H26/c1-3-7-29-21-25(17-19-27(29)5-1)15-13-23-9-11-24(12-10-23)14-16-26-18-20-28-6-2-4-8-30(28)22-26/h9-12,17-22H,1-8H2. The molecule has 0 saturated heterocycles. The Balaban J connectivity index is 1.29. The van der Waals surface area contributed by atoms with Crippen molar-refractivity contribution in [3.05, 3.63) is 105 Å². The second kappa shape index (κ2) is 8.65. The van der Waals surface area contributed by atoms with Crippen LogP contribution in [0.2, 0.25) is 0 Å². The molecule has 0 saturated carbocycles. The van der Waals surface area contributed by atoms with Crippen LogP contribution < -0.4 is 0 Å². The molecule has 0 aliphatic heterocycles. The number of aryl methyl sites for hydroxylation is 4. The Morgan fingerprint density at radius 3 is 1.13 bits per heavy atom. The minimum absolute atomic E-state index is 1.03. The van der Waals surface area contributed by atoms with E-state index in [2.05, 4.69) is 84.3 Å². The van der Waals surface area contributed by atoms with Gasteiger partial charge in [-0.1, -0.05) is 35.8 Å². The summed E-state index contributed by atoms with van der Waals surface area (Å²) in [6, 6.07) is 21.7. The summed E-state index contributed by atoms with van der Waals surface area (Å²) in [6.45, 7) is 0. The highest BCUT2D eigenvalue weighted by atomic mass is 14.1. The average Bonchev–Trinajstić information content (AvgIpc) is 2.82. The van der Waals surface area contributed by atoms with Crippen molar-refractivity contribution in [3.63, 3.8) is 0 Å². The molecular weight excluding hydrogens is 360 g/mol. The highest BCUT2D eigenvalue weighted by Crippen LogP contribution is 2.23. The van der Waals surface area contributed by atoms with Crippen LogP contribution >= 0.6 is 0 Å². The molecule has 0 spiro atoms. The van der Waals surface area contributed by atoms with Gasteiger partial charge >= 0.3 is 0 Å². The molecule has 0 heteroatoms. The fraction of sp³-hybridized carbons (Fsp3) is 0.267. The molecule has 0 nitrogen and oxygen atoms in total. The Morgan fingerprint density at radius 1 is 0.367 bits per heavy atom. The molecule has 3 aromatic rings. The van der Waals surface area contributed by atoms with Crippen molar-refractivity contribution in [2.45, 2.75) is 51.4 Å². The number of fused-ring (bicyclic) bond motifs is 2. The lowest BCUT2D eigenvalue weighted by Crippen LogP contribution is -2.02. The second-order valence-electron chi connectivity index (χ2n) is 8.46. The van der Waals surface area contributed by atoms with Crippen LogP contribution in [0.4, 0.5) is 0 Å². The summed E-state index contributed by atoms with van der Waals surface area (Å²) < 4.78 is 0. The zero-order chi connectivity index (χ0) is 20.2. The zero-order valence-electron chi connectivity index (χ0n) is 17.4. The largest absolute Gasteiger partial charge is 0.0617 e. The lowest BCUT2D eigenvalue weighted by Gasteiger charge is -2.15. The van der Waals surface area contributed by atoms with E-state index < -0.39 is 0 Å². The number of hydrogen-bond acceptors (Lipinski definition) is 0.